The summed E-state index contributed by atoms with van der Waals surface area (Å²) in [7, 11) is 0. The van der Waals surface area contributed by atoms with Gasteiger partial charge in [0.1, 0.15) is 0 Å². The Hall–Kier alpha value is -0.950. The van der Waals surface area contributed by atoms with Crippen LogP contribution in [0.1, 0.15) is 30.7 Å². The molecule has 128 valence electrons. The maximum absolute atomic E-state index is 13.0. The number of piperazine rings is 1. The molecule has 1 amide bonds. The average Bonchev–Trinajstić information content (AvgIpc) is 3.25. The molecule has 3 rings (SSSR count). The zero-order valence-corrected chi connectivity index (χ0v) is 14.7. The summed E-state index contributed by atoms with van der Waals surface area (Å²) in [6, 6.07) is 4.46. The van der Waals surface area contributed by atoms with E-state index in [4.69, 9.17) is 5.11 Å². The Morgan fingerprint density at radius 1 is 1.35 bits per heavy atom. The van der Waals surface area contributed by atoms with Crippen molar-refractivity contribution in [2.75, 3.05) is 45.9 Å². The van der Waals surface area contributed by atoms with Crippen molar-refractivity contribution in [3.05, 3.63) is 22.4 Å². The Morgan fingerprint density at radius 3 is 2.78 bits per heavy atom. The van der Waals surface area contributed by atoms with Gasteiger partial charge in [-0.25, -0.2) is 0 Å². The Morgan fingerprint density at radius 2 is 2.13 bits per heavy atom. The lowest BCUT2D eigenvalue weighted by Crippen LogP contribution is -2.54. The largest absolute Gasteiger partial charge is 0.395 e. The molecule has 3 heterocycles. The highest BCUT2D eigenvalue weighted by Gasteiger charge is 2.35. The highest BCUT2D eigenvalue weighted by atomic mass is 32.1. The van der Waals surface area contributed by atoms with E-state index in [1.807, 2.05) is 6.92 Å². The molecule has 0 aliphatic carbocycles. The summed E-state index contributed by atoms with van der Waals surface area (Å²) < 4.78 is 0. The second kappa shape index (κ2) is 7.75. The lowest BCUT2D eigenvalue weighted by Gasteiger charge is -2.39. The first-order chi connectivity index (χ1) is 11.2. The molecule has 2 atom stereocenters. The number of nitrogens with zero attached hydrogens (tertiary/aromatic N) is 3. The van der Waals surface area contributed by atoms with Crippen LogP contribution in [0.2, 0.25) is 0 Å². The average molecular weight is 337 g/mol. The minimum atomic E-state index is -0.0492. The lowest BCUT2D eigenvalue weighted by molar-refractivity contribution is -0.138. The van der Waals surface area contributed by atoms with E-state index < -0.39 is 0 Å². The Bertz CT molecular complexity index is 500. The van der Waals surface area contributed by atoms with Crippen molar-refractivity contribution in [2.45, 2.75) is 31.8 Å². The quantitative estimate of drug-likeness (QED) is 0.882. The minimum Gasteiger partial charge on any atom is -0.395 e. The molecule has 0 saturated carbocycles. The van der Waals surface area contributed by atoms with Crippen LogP contribution in [0.5, 0.6) is 0 Å². The van der Waals surface area contributed by atoms with Crippen molar-refractivity contribution in [1.82, 2.24) is 14.7 Å². The number of amides is 1. The van der Waals surface area contributed by atoms with Gasteiger partial charge in [0, 0.05) is 44.1 Å². The number of carbonyl (C=O) groups is 1. The van der Waals surface area contributed by atoms with Crippen LogP contribution in [0.25, 0.3) is 0 Å². The van der Waals surface area contributed by atoms with Crippen molar-refractivity contribution >= 4 is 17.2 Å². The highest BCUT2D eigenvalue weighted by Crippen LogP contribution is 2.35. The first kappa shape index (κ1) is 16.9. The summed E-state index contributed by atoms with van der Waals surface area (Å²) in [5.41, 5.74) is 0. The van der Waals surface area contributed by atoms with Gasteiger partial charge in [0.25, 0.3) is 0 Å². The number of aliphatic hydroxyl groups excluding tert-OH is 1. The number of likely N-dealkylation sites (tertiary alicyclic amines) is 1. The number of thiophene rings is 1. The Balaban J connectivity index is 1.59. The minimum absolute atomic E-state index is 0.0492. The molecule has 0 bridgehead atoms. The second-order valence-corrected chi connectivity index (χ2v) is 7.46. The number of rotatable bonds is 5. The van der Waals surface area contributed by atoms with Crippen LogP contribution >= 0.6 is 11.3 Å². The van der Waals surface area contributed by atoms with E-state index in [0.717, 1.165) is 52.1 Å². The molecule has 1 N–H and O–H groups in total. The molecular formula is C17H27N3O2S. The van der Waals surface area contributed by atoms with Gasteiger partial charge in [0.15, 0.2) is 0 Å². The number of hydrogen-bond donors (Lipinski definition) is 1. The molecule has 5 nitrogen and oxygen atoms in total. The monoisotopic (exact) mass is 337 g/mol. The van der Waals surface area contributed by atoms with Crippen molar-refractivity contribution in [2.24, 2.45) is 0 Å². The van der Waals surface area contributed by atoms with Crippen molar-refractivity contribution in [3.63, 3.8) is 0 Å². The van der Waals surface area contributed by atoms with Crippen LogP contribution < -0.4 is 0 Å². The summed E-state index contributed by atoms with van der Waals surface area (Å²) in [5, 5.41) is 11.1. The fraction of sp³-hybridized carbons (Fsp3) is 0.706. The van der Waals surface area contributed by atoms with Gasteiger partial charge in [0.2, 0.25) is 5.91 Å². The number of carbonyl (C=O) groups excluding carboxylic acids is 1. The van der Waals surface area contributed by atoms with Gasteiger partial charge in [-0.1, -0.05) is 6.07 Å². The lowest BCUT2D eigenvalue weighted by atomic mass is 10.1. The van der Waals surface area contributed by atoms with Gasteiger partial charge in [0.05, 0.1) is 18.7 Å². The molecule has 2 aliphatic heterocycles. The molecule has 23 heavy (non-hydrogen) atoms. The smallest absolute Gasteiger partial charge is 0.240 e. The van der Waals surface area contributed by atoms with E-state index in [0.29, 0.717) is 0 Å². The zero-order chi connectivity index (χ0) is 16.2. The normalized spacial score (nSPS) is 25.0. The second-order valence-electron chi connectivity index (χ2n) is 6.48. The molecule has 0 spiro atoms. The van der Waals surface area contributed by atoms with E-state index >= 15 is 0 Å². The summed E-state index contributed by atoms with van der Waals surface area (Å²) in [5.74, 6) is 0.275. The molecular weight excluding hydrogens is 310 g/mol. The van der Waals surface area contributed by atoms with Gasteiger partial charge in [-0.3, -0.25) is 14.6 Å². The number of aliphatic hydroxyl groups is 1. The van der Waals surface area contributed by atoms with Crippen LogP contribution in [0.4, 0.5) is 0 Å². The van der Waals surface area contributed by atoms with Crippen molar-refractivity contribution < 1.29 is 9.90 Å². The maximum atomic E-state index is 13.0. The molecule has 6 heteroatoms. The molecule has 1 aromatic heterocycles. The fourth-order valence-corrected chi connectivity index (χ4v) is 4.59. The summed E-state index contributed by atoms with van der Waals surface area (Å²) >= 11 is 1.76. The van der Waals surface area contributed by atoms with Crippen LogP contribution in [0.15, 0.2) is 17.5 Å². The number of hydrogen-bond acceptors (Lipinski definition) is 5. The van der Waals surface area contributed by atoms with E-state index in [9.17, 15) is 4.79 Å². The third-order valence-electron chi connectivity index (χ3n) is 5.14. The van der Waals surface area contributed by atoms with Crippen molar-refractivity contribution in [1.29, 1.82) is 0 Å². The third kappa shape index (κ3) is 3.76. The van der Waals surface area contributed by atoms with E-state index in [1.54, 1.807) is 11.3 Å². The molecule has 2 saturated heterocycles. The first-order valence-corrected chi connectivity index (χ1v) is 9.50. The van der Waals surface area contributed by atoms with Crippen LogP contribution in [0.3, 0.4) is 0 Å². The van der Waals surface area contributed by atoms with E-state index in [-0.39, 0.29) is 24.6 Å². The van der Waals surface area contributed by atoms with Gasteiger partial charge in [-0.15, -0.1) is 11.3 Å². The Labute approximate surface area is 142 Å². The number of β-amino-alcohol motifs (C(OH)–C–C–N with tert-alkyl or cyclic N) is 1. The van der Waals surface area contributed by atoms with Gasteiger partial charge in [-0.2, -0.15) is 0 Å². The SMILES string of the molecule is CC(C(=O)N1CCCC1c1cccs1)N1CCN(CCO)CC1. The standard InChI is InChI=1S/C17H27N3O2S/c1-14(19-9-7-18(8-10-19)11-12-21)17(22)20-6-2-4-15(20)16-5-3-13-23-16/h3,5,13-15,21H,2,4,6-12H2,1H3. The van der Waals surface area contributed by atoms with Crippen LogP contribution in [-0.4, -0.2) is 77.6 Å². The van der Waals surface area contributed by atoms with Gasteiger partial charge in [-0.05, 0) is 31.2 Å². The first-order valence-electron chi connectivity index (χ1n) is 8.62. The molecule has 2 aliphatic rings. The molecule has 1 aromatic rings. The summed E-state index contributed by atoms with van der Waals surface area (Å²) in [4.78, 5) is 21.0. The summed E-state index contributed by atoms with van der Waals surface area (Å²) in [6.07, 6.45) is 2.19. The van der Waals surface area contributed by atoms with Crippen LogP contribution in [0, 0.1) is 0 Å². The molecule has 0 radical (unpaired) electrons. The molecule has 0 aromatic carbocycles. The predicted octanol–water partition coefficient (Wildman–Crippen LogP) is 1.41. The summed E-state index contributed by atoms with van der Waals surface area (Å²) in [6.45, 7) is 7.57. The van der Waals surface area contributed by atoms with E-state index in [2.05, 4.69) is 32.2 Å². The van der Waals surface area contributed by atoms with Gasteiger partial charge < -0.3 is 10.0 Å². The maximum Gasteiger partial charge on any atom is 0.240 e. The zero-order valence-electron chi connectivity index (χ0n) is 13.9. The van der Waals surface area contributed by atoms with Crippen LogP contribution in [-0.2, 0) is 4.79 Å². The topological polar surface area (TPSA) is 47.0 Å². The fourth-order valence-electron chi connectivity index (χ4n) is 3.72. The predicted molar refractivity (Wildman–Crippen MR) is 92.6 cm³/mol. The molecule has 2 fully saturated rings. The Kier molecular flexibility index (Phi) is 5.69. The highest BCUT2D eigenvalue weighted by molar-refractivity contribution is 7.10. The van der Waals surface area contributed by atoms with Crippen molar-refractivity contribution in [3.8, 4) is 0 Å². The van der Waals surface area contributed by atoms with Gasteiger partial charge >= 0.3 is 0 Å². The third-order valence-corrected chi connectivity index (χ3v) is 6.11. The molecule has 2 unspecified atom stereocenters. The van der Waals surface area contributed by atoms with E-state index in [1.165, 1.54) is 4.88 Å².